The molecule has 0 fully saturated rings. The van der Waals surface area contributed by atoms with Gasteiger partial charge < -0.3 is 14.0 Å². The maximum absolute atomic E-state index is 12.1. The Bertz CT molecular complexity index is 680. The minimum Gasteiger partial charge on any atom is -0.434 e. The van der Waals surface area contributed by atoms with E-state index in [1.54, 1.807) is 23.3 Å². The van der Waals surface area contributed by atoms with Crippen LogP contribution in [0.3, 0.4) is 0 Å². The third-order valence-electron chi connectivity index (χ3n) is 4.52. The van der Waals surface area contributed by atoms with Gasteiger partial charge in [-0.15, -0.1) is 0 Å². The molecule has 25 heavy (non-hydrogen) atoms. The molecule has 0 radical (unpaired) electrons. The summed E-state index contributed by atoms with van der Waals surface area (Å²) in [5, 5.41) is 0. The number of hydrogen-bond donors (Lipinski definition) is 0. The molecule has 2 unspecified atom stereocenters. The number of aryl methyl sites for hydroxylation is 1. The molecule has 0 saturated heterocycles. The Kier molecular flexibility index (Phi) is 6.62. The summed E-state index contributed by atoms with van der Waals surface area (Å²) in [5.74, 6) is 0.442. The molecule has 1 aromatic carbocycles. The van der Waals surface area contributed by atoms with Crippen LogP contribution in [0.15, 0.2) is 36.9 Å². The fourth-order valence-electron chi connectivity index (χ4n) is 2.77. The van der Waals surface area contributed by atoms with E-state index in [2.05, 4.69) is 44.8 Å². The van der Waals surface area contributed by atoms with Crippen LogP contribution in [-0.4, -0.2) is 22.3 Å². The molecular formula is C20H28N2O3. The molecule has 2 aromatic rings. The molecule has 5 heteroatoms. The smallest absolute Gasteiger partial charge is 0.434 e. The maximum atomic E-state index is 12.1. The highest BCUT2D eigenvalue weighted by Crippen LogP contribution is 2.32. The Hall–Kier alpha value is -2.30. The lowest BCUT2D eigenvalue weighted by Gasteiger charge is -2.26. The van der Waals surface area contributed by atoms with Gasteiger partial charge in [0.2, 0.25) is 0 Å². The van der Waals surface area contributed by atoms with Crippen molar-refractivity contribution in [3.63, 3.8) is 0 Å². The van der Waals surface area contributed by atoms with Crippen LogP contribution in [0.1, 0.15) is 56.0 Å². The Morgan fingerprint density at radius 1 is 1.24 bits per heavy atom. The number of imidazole rings is 1. The summed E-state index contributed by atoms with van der Waals surface area (Å²) < 4.78 is 12.7. The molecule has 1 heterocycles. The predicted molar refractivity (Wildman–Crippen MR) is 97.5 cm³/mol. The topological polar surface area (TPSA) is 53.4 Å². The van der Waals surface area contributed by atoms with Crippen LogP contribution in [0.4, 0.5) is 4.79 Å². The lowest BCUT2D eigenvalue weighted by Crippen LogP contribution is -2.23. The van der Waals surface area contributed by atoms with E-state index in [0.717, 1.165) is 12.0 Å². The monoisotopic (exact) mass is 344 g/mol. The minimum absolute atomic E-state index is 0.0354. The van der Waals surface area contributed by atoms with Crippen LogP contribution in [0.2, 0.25) is 0 Å². The normalized spacial score (nSPS) is 13.5. The molecule has 0 aliphatic carbocycles. The number of carbonyl (C=O) groups excluding carboxylic acids is 1. The van der Waals surface area contributed by atoms with E-state index in [-0.39, 0.29) is 5.92 Å². The fourth-order valence-corrected chi connectivity index (χ4v) is 2.77. The zero-order chi connectivity index (χ0) is 18.4. The summed E-state index contributed by atoms with van der Waals surface area (Å²) in [6.07, 6.45) is 4.81. The number of benzene rings is 1. The van der Waals surface area contributed by atoms with Crippen molar-refractivity contribution in [3.05, 3.63) is 53.6 Å². The van der Waals surface area contributed by atoms with Gasteiger partial charge >= 0.3 is 6.16 Å². The summed E-state index contributed by atoms with van der Waals surface area (Å²) in [6.45, 7) is 10.8. The highest BCUT2D eigenvalue weighted by atomic mass is 16.7. The van der Waals surface area contributed by atoms with Crippen molar-refractivity contribution in [1.29, 1.82) is 0 Å². The highest BCUT2D eigenvalue weighted by Gasteiger charge is 2.26. The summed E-state index contributed by atoms with van der Waals surface area (Å²) in [6, 6.07) is 6.18. The van der Waals surface area contributed by atoms with E-state index in [1.807, 2.05) is 13.0 Å². The van der Waals surface area contributed by atoms with Crippen molar-refractivity contribution >= 4 is 6.16 Å². The van der Waals surface area contributed by atoms with Crippen LogP contribution in [-0.2, 0) is 9.47 Å². The van der Waals surface area contributed by atoms with Gasteiger partial charge in [-0.25, -0.2) is 9.78 Å². The predicted octanol–water partition coefficient (Wildman–Crippen LogP) is 5.00. The first-order valence-electron chi connectivity index (χ1n) is 8.77. The van der Waals surface area contributed by atoms with Crippen LogP contribution in [0.5, 0.6) is 0 Å². The van der Waals surface area contributed by atoms with E-state index < -0.39 is 12.4 Å². The van der Waals surface area contributed by atoms with E-state index in [0.29, 0.717) is 12.5 Å². The number of ether oxygens (including phenoxy) is 2. The van der Waals surface area contributed by atoms with E-state index >= 15 is 0 Å². The van der Waals surface area contributed by atoms with Crippen molar-refractivity contribution < 1.29 is 14.3 Å². The first kappa shape index (κ1) is 19.0. The summed E-state index contributed by atoms with van der Waals surface area (Å²) in [7, 11) is 0. The second-order valence-corrected chi connectivity index (χ2v) is 6.88. The van der Waals surface area contributed by atoms with E-state index in [9.17, 15) is 4.79 Å². The molecule has 1 aromatic heterocycles. The third kappa shape index (κ3) is 5.08. The molecule has 0 saturated carbocycles. The second kappa shape index (κ2) is 8.70. The van der Waals surface area contributed by atoms with Gasteiger partial charge in [-0.3, -0.25) is 0 Å². The standard InChI is InChI=1S/C20H28N2O3/c1-14(2)9-12-24-20(23)25-19(22-11-10-21-13-22)17(5)18-8-6-7-15(3)16(18)4/h6-8,10-11,13-14,17,19H,9,12H2,1-5H3. The average Bonchev–Trinajstić information content (AvgIpc) is 3.08. The highest BCUT2D eigenvalue weighted by molar-refractivity contribution is 5.60. The minimum atomic E-state index is -0.642. The Morgan fingerprint density at radius 3 is 2.64 bits per heavy atom. The molecule has 136 valence electrons. The van der Waals surface area contributed by atoms with Crippen molar-refractivity contribution in [2.24, 2.45) is 5.92 Å². The SMILES string of the molecule is Cc1cccc(C(C)C(OC(=O)OCCC(C)C)n2ccnc2)c1C. The van der Waals surface area contributed by atoms with Gasteiger partial charge in [-0.2, -0.15) is 0 Å². The van der Waals surface area contributed by atoms with Gasteiger partial charge in [0.1, 0.15) is 0 Å². The van der Waals surface area contributed by atoms with Gasteiger partial charge in [0.15, 0.2) is 6.23 Å². The molecule has 0 bridgehead atoms. The fraction of sp³-hybridized carbons (Fsp3) is 0.500. The number of nitrogens with zero attached hydrogens (tertiary/aromatic N) is 2. The largest absolute Gasteiger partial charge is 0.510 e. The maximum Gasteiger partial charge on any atom is 0.510 e. The zero-order valence-electron chi connectivity index (χ0n) is 15.7. The van der Waals surface area contributed by atoms with Crippen molar-refractivity contribution in [2.45, 2.75) is 53.2 Å². The van der Waals surface area contributed by atoms with Crippen LogP contribution >= 0.6 is 0 Å². The van der Waals surface area contributed by atoms with Crippen LogP contribution in [0, 0.1) is 19.8 Å². The molecule has 2 atom stereocenters. The third-order valence-corrected chi connectivity index (χ3v) is 4.52. The first-order valence-corrected chi connectivity index (χ1v) is 8.77. The molecule has 0 N–H and O–H groups in total. The van der Waals surface area contributed by atoms with Gasteiger partial charge in [-0.05, 0) is 42.9 Å². The van der Waals surface area contributed by atoms with Crippen molar-refractivity contribution in [1.82, 2.24) is 9.55 Å². The lowest BCUT2D eigenvalue weighted by atomic mass is 9.92. The second-order valence-electron chi connectivity index (χ2n) is 6.88. The summed E-state index contributed by atoms with van der Waals surface area (Å²) in [5.41, 5.74) is 3.57. The Balaban J connectivity index is 2.16. The van der Waals surface area contributed by atoms with Gasteiger partial charge in [0.05, 0.1) is 12.9 Å². The van der Waals surface area contributed by atoms with Crippen molar-refractivity contribution in [2.75, 3.05) is 6.61 Å². The van der Waals surface area contributed by atoms with Crippen LogP contribution < -0.4 is 0 Å². The molecule has 5 nitrogen and oxygen atoms in total. The molecule has 2 rings (SSSR count). The number of carbonyl (C=O) groups is 1. The van der Waals surface area contributed by atoms with E-state index in [1.165, 1.54) is 11.1 Å². The lowest BCUT2D eigenvalue weighted by molar-refractivity contribution is -0.0157. The van der Waals surface area contributed by atoms with E-state index in [4.69, 9.17) is 9.47 Å². The molecule has 0 spiro atoms. The summed E-state index contributed by atoms with van der Waals surface area (Å²) in [4.78, 5) is 16.2. The number of aromatic nitrogens is 2. The van der Waals surface area contributed by atoms with Crippen LogP contribution in [0.25, 0.3) is 0 Å². The molecule has 0 amide bonds. The summed E-state index contributed by atoms with van der Waals surface area (Å²) >= 11 is 0. The number of hydrogen-bond acceptors (Lipinski definition) is 4. The quantitative estimate of drug-likeness (QED) is 0.663. The van der Waals surface area contributed by atoms with Crippen molar-refractivity contribution in [3.8, 4) is 0 Å². The number of rotatable bonds is 7. The molecular weight excluding hydrogens is 316 g/mol. The zero-order valence-corrected chi connectivity index (χ0v) is 15.7. The van der Waals surface area contributed by atoms with Gasteiger partial charge in [0, 0.05) is 18.3 Å². The Labute approximate surface area is 150 Å². The molecule has 0 aliphatic heterocycles. The molecule has 0 aliphatic rings. The first-order chi connectivity index (χ1) is 11.9. The van der Waals surface area contributed by atoms with Gasteiger partial charge in [-0.1, -0.05) is 39.0 Å². The average molecular weight is 344 g/mol. The van der Waals surface area contributed by atoms with Gasteiger partial charge in [0.25, 0.3) is 0 Å². The Morgan fingerprint density at radius 2 is 2.00 bits per heavy atom.